The van der Waals surface area contributed by atoms with Crippen molar-refractivity contribution >= 4 is 5.91 Å². The molecule has 2 saturated heterocycles. The predicted molar refractivity (Wildman–Crippen MR) is 70.2 cm³/mol. The van der Waals surface area contributed by atoms with Gasteiger partial charge in [0, 0.05) is 44.7 Å². The number of hydrogen-bond donors (Lipinski definition) is 1. The van der Waals surface area contributed by atoms with E-state index < -0.39 is 0 Å². The molecule has 2 N–H and O–H groups in total. The summed E-state index contributed by atoms with van der Waals surface area (Å²) < 4.78 is 5.36. The van der Waals surface area contributed by atoms with Gasteiger partial charge in [0.05, 0.1) is 13.2 Å². The van der Waals surface area contributed by atoms with Crippen molar-refractivity contribution in [2.24, 2.45) is 11.7 Å². The first-order valence-corrected chi connectivity index (χ1v) is 7.03. The molecule has 2 atom stereocenters. The second-order valence-corrected chi connectivity index (χ2v) is 5.38. The number of nitrogens with two attached hydrogens (primary N) is 1. The fraction of sp³-hybridized carbons (Fsp3) is 0.923. The molecule has 5 heteroatoms. The topological polar surface area (TPSA) is 58.8 Å². The van der Waals surface area contributed by atoms with Crippen molar-refractivity contribution in [3.8, 4) is 0 Å². The molecule has 2 aliphatic heterocycles. The summed E-state index contributed by atoms with van der Waals surface area (Å²) in [5, 5.41) is 0. The summed E-state index contributed by atoms with van der Waals surface area (Å²) >= 11 is 0. The zero-order chi connectivity index (χ0) is 13.0. The highest BCUT2D eigenvalue weighted by molar-refractivity contribution is 5.79. The summed E-state index contributed by atoms with van der Waals surface area (Å²) in [6.45, 7) is 7.88. The van der Waals surface area contributed by atoms with Crippen molar-refractivity contribution in [1.29, 1.82) is 0 Å². The molecular formula is C13H25N3O2. The molecule has 2 fully saturated rings. The van der Waals surface area contributed by atoms with Gasteiger partial charge in [0.15, 0.2) is 0 Å². The third-order valence-electron chi connectivity index (χ3n) is 4.01. The van der Waals surface area contributed by atoms with Crippen molar-refractivity contribution in [3.63, 3.8) is 0 Å². The van der Waals surface area contributed by atoms with Crippen LogP contribution >= 0.6 is 0 Å². The van der Waals surface area contributed by atoms with Gasteiger partial charge in [-0.2, -0.15) is 0 Å². The van der Waals surface area contributed by atoms with E-state index in [1.165, 1.54) is 0 Å². The minimum absolute atomic E-state index is 0.0460. The van der Waals surface area contributed by atoms with Crippen LogP contribution in [-0.2, 0) is 9.53 Å². The molecule has 104 valence electrons. The Hall–Kier alpha value is -0.650. The van der Waals surface area contributed by atoms with Crippen molar-refractivity contribution in [2.75, 3.05) is 45.9 Å². The largest absolute Gasteiger partial charge is 0.379 e. The first-order valence-electron chi connectivity index (χ1n) is 7.03. The highest BCUT2D eigenvalue weighted by atomic mass is 16.5. The lowest BCUT2D eigenvalue weighted by atomic mass is 10.1. The number of morpholine rings is 1. The van der Waals surface area contributed by atoms with Crippen LogP contribution in [0.5, 0.6) is 0 Å². The maximum atomic E-state index is 12.2. The molecule has 2 heterocycles. The zero-order valence-electron chi connectivity index (χ0n) is 11.3. The summed E-state index contributed by atoms with van der Waals surface area (Å²) in [4.78, 5) is 16.7. The predicted octanol–water partition coefficient (Wildman–Crippen LogP) is -0.0956. The van der Waals surface area contributed by atoms with Crippen LogP contribution in [0.4, 0.5) is 0 Å². The normalized spacial score (nSPS) is 27.4. The molecule has 0 aromatic heterocycles. The van der Waals surface area contributed by atoms with Crippen molar-refractivity contribution in [2.45, 2.75) is 25.8 Å². The number of hydrogen-bond acceptors (Lipinski definition) is 4. The van der Waals surface area contributed by atoms with Crippen LogP contribution in [0.3, 0.4) is 0 Å². The second kappa shape index (κ2) is 6.50. The van der Waals surface area contributed by atoms with Gasteiger partial charge in [0.25, 0.3) is 0 Å². The Morgan fingerprint density at radius 2 is 2.11 bits per heavy atom. The molecule has 0 radical (unpaired) electrons. The fourth-order valence-corrected chi connectivity index (χ4v) is 2.78. The highest BCUT2D eigenvalue weighted by Gasteiger charge is 2.32. The summed E-state index contributed by atoms with van der Waals surface area (Å²) in [7, 11) is 0. The van der Waals surface area contributed by atoms with Gasteiger partial charge in [-0.05, 0) is 12.8 Å². The Balaban J connectivity index is 1.88. The van der Waals surface area contributed by atoms with E-state index in [2.05, 4.69) is 4.90 Å². The molecule has 0 bridgehead atoms. The molecular weight excluding hydrogens is 230 g/mol. The lowest BCUT2D eigenvalue weighted by Crippen LogP contribution is -2.48. The molecule has 2 aliphatic rings. The SMILES string of the molecule is CC(CN)C(=O)N1CCCC1CN1CCOCC1. The van der Waals surface area contributed by atoms with Gasteiger partial charge >= 0.3 is 0 Å². The summed E-state index contributed by atoms with van der Waals surface area (Å²) in [5.74, 6) is 0.184. The standard InChI is InChI=1S/C13H25N3O2/c1-11(9-14)13(17)16-4-2-3-12(16)10-15-5-7-18-8-6-15/h11-12H,2-10,14H2,1H3. The van der Waals surface area contributed by atoms with Crippen LogP contribution in [0.2, 0.25) is 0 Å². The number of carbonyl (C=O) groups excluding carboxylic acids is 1. The van der Waals surface area contributed by atoms with Crippen molar-refractivity contribution in [3.05, 3.63) is 0 Å². The molecule has 5 nitrogen and oxygen atoms in total. The zero-order valence-corrected chi connectivity index (χ0v) is 11.3. The number of carbonyl (C=O) groups is 1. The summed E-state index contributed by atoms with van der Waals surface area (Å²) in [5.41, 5.74) is 5.60. The monoisotopic (exact) mass is 255 g/mol. The highest BCUT2D eigenvalue weighted by Crippen LogP contribution is 2.20. The Kier molecular flexibility index (Phi) is 4.97. The second-order valence-electron chi connectivity index (χ2n) is 5.38. The summed E-state index contributed by atoms with van der Waals surface area (Å²) in [6, 6.07) is 0.379. The van der Waals surface area contributed by atoms with Gasteiger partial charge in [-0.3, -0.25) is 9.69 Å². The van der Waals surface area contributed by atoms with E-state index in [0.717, 1.165) is 52.2 Å². The molecule has 0 spiro atoms. The van der Waals surface area contributed by atoms with E-state index in [-0.39, 0.29) is 11.8 Å². The third kappa shape index (κ3) is 3.22. The Morgan fingerprint density at radius 3 is 2.78 bits per heavy atom. The smallest absolute Gasteiger partial charge is 0.226 e. The van der Waals surface area contributed by atoms with Gasteiger partial charge in [0.1, 0.15) is 0 Å². The van der Waals surface area contributed by atoms with Crippen LogP contribution in [0.1, 0.15) is 19.8 Å². The molecule has 2 unspecified atom stereocenters. The fourth-order valence-electron chi connectivity index (χ4n) is 2.78. The molecule has 0 aromatic carbocycles. The van der Waals surface area contributed by atoms with E-state index >= 15 is 0 Å². The Bertz CT molecular complexity index is 279. The molecule has 2 rings (SSSR count). The van der Waals surface area contributed by atoms with E-state index in [1.807, 2.05) is 11.8 Å². The van der Waals surface area contributed by atoms with Crippen LogP contribution in [0, 0.1) is 5.92 Å². The molecule has 0 aromatic rings. The van der Waals surface area contributed by atoms with Crippen LogP contribution in [0.15, 0.2) is 0 Å². The van der Waals surface area contributed by atoms with Gasteiger partial charge in [-0.15, -0.1) is 0 Å². The molecule has 0 saturated carbocycles. The van der Waals surface area contributed by atoms with Crippen LogP contribution in [-0.4, -0.2) is 67.7 Å². The average Bonchev–Trinajstić information content (AvgIpc) is 2.86. The summed E-state index contributed by atoms with van der Waals surface area (Å²) in [6.07, 6.45) is 2.25. The van der Waals surface area contributed by atoms with E-state index in [9.17, 15) is 4.79 Å². The van der Waals surface area contributed by atoms with Gasteiger partial charge < -0.3 is 15.4 Å². The number of ether oxygens (including phenoxy) is 1. The van der Waals surface area contributed by atoms with Gasteiger partial charge in [-0.1, -0.05) is 6.92 Å². The van der Waals surface area contributed by atoms with Crippen molar-refractivity contribution < 1.29 is 9.53 Å². The molecule has 18 heavy (non-hydrogen) atoms. The number of rotatable bonds is 4. The average molecular weight is 255 g/mol. The number of likely N-dealkylation sites (tertiary alicyclic amines) is 1. The Morgan fingerprint density at radius 1 is 1.39 bits per heavy atom. The molecule has 0 aliphatic carbocycles. The van der Waals surface area contributed by atoms with E-state index in [0.29, 0.717) is 12.6 Å². The lowest BCUT2D eigenvalue weighted by molar-refractivity contribution is -0.136. The maximum absolute atomic E-state index is 12.2. The third-order valence-corrected chi connectivity index (χ3v) is 4.01. The molecule has 1 amide bonds. The van der Waals surface area contributed by atoms with E-state index in [4.69, 9.17) is 10.5 Å². The first-order chi connectivity index (χ1) is 8.72. The van der Waals surface area contributed by atoms with Gasteiger partial charge in [0.2, 0.25) is 5.91 Å². The maximum Gasteiger partial charge on any atom is 0.226 e. The van der Waals surface area contributed by atoms with Crippen LogP contribution in [0.25, 0.3) is 0 Å². The van der Waals surface area contributed by atoms with E-state index in [1.54, 1.807) is 0 Å². The lowest BCUT2D eigenvalue weighted by Gasteiger charge is -2.33. The quantitative estimate of drug-likeness (QED) is 0.762. The number of amides is 1. The minimum atomic E-state index is -0.0460. The van der Waals surface area contributed by atoms with Crippen LogP contribution < -0.4 is 5.73 Å². The van der Waals surface area contributed by atoms with Crippen molar-refractivity contribution in [1.82, 2.24) is 9.80 Å². The number of nitrogens with zero attached hydrogens (tertiary/aromatic N) is 2. The Labute approximate surface area is 109 Å². The minimum Gasteiger partial charge on any atom is -0.379 e. The van der Waals surface area contributed by atoms with Gasteiger partial charge in [-0.25, -0.2) is 0 Å². The first kappa shape index (κ1) is 13.8.